The summed E-state index contributed by atoms with van der Waals surface area (Å²) < 4.78 is 6.33. The molecule has 8 aromatic rings. The molecule has 0 saturated heterocycles. The van der Waals surface area contributed by atoms with Crippen molar-refractivity contribution in [3.05, 3.63) is 144 Å². The van der Waals surface area contributed by atoms with Gasteiger partial charge in [-0.25, -0.2) is 19.8 Å². The Hall–Kier alpha value is -6.63. The van der Waals surface area contributed by atoms with Gasteiger partial charge in [0.2, 0.25) is 0 Å². The fourth-order valence-corrected chi connectivity index (χ4v) is 5.75. The first kappa shape index (κ1) is 26.0. The molecule has 2 aromatic heterocycles. The first-order valence-corrected chi connectivity index (χ1v) is 14.4. The minimum absolute atomic E-state index is 0.496. The third kappa shape index (κ3) is 4.55. The lowest BCUT2D eigenvalue weighted by atomic mass is 9.94. The van der Waals surface area contributed by atoms with Crippen LogP contribution in [0.15, 0.2) is 132 Å². The van der Waals surface area contributed by atoms with Crippen LogP contribution in [-0.2, 0) is 0 Å². The largest absolute Gasteiger partial charge is 0.455 e. The summed E-state index contributed by atoms with van der Waals surface area (Å²) in [6, 6.07) is 43.5. The number of rotatable bonds is 4. The molecule has 0 bridgehead atoms. The lowest BCUT2D eigenvalue weighted by Crippen LogP contribution is -2.00. The Kier molecular flexibility index (Phi) is 6.12. The van der Waals surface area contributed by atoms with Gasteiger partial charge in [0.15, 0.2) is 23.2 Å². The van der Waals surface area contributed by atoms with Crippen molar-refractivity contribution in [2.45, 2.75) is 0 Å². The fourth-order valence-electron chi connectivity index (χ4n) is 5.75. The maximum atomic E-state index is 9.29. The van der Waals surface area contributed by atoms with E-state index in [1.807, 2.05) is 66.7 Å². The van der Waals surface area contributed by atoms with Crippen molar-refractivity contribution >= 4 is 38.4 Å². The molecule has 208 valence electrons. The monoisotopic (exact) mass is 575 g/mol. The lowest BCUT2D eigenvalue weighted by molar-refractivity contribution is 0.672. The Balaban J connectivity index is 1.32. The van der Waals surface area contributed by atoms with E-state index in [9.17, 15) is 5.26 Å². The second-order valence-corrected chi connectivity index (χ2v) is 10.7. The minimum atomic E-state index is 0.496. The summed E-state index contributed by atoms with van der Waals surface area (Å²) in [4.78, 5) is 18.1. The van der Waals surface area contributed by atoms with Crippen molar-refractivity contribution in [2.75, 3.05) is 0 Å². The Morgan fingerprint density at radius 3 is 1.84 bits per heavy atom. The minimum Gasteiger partial charge on any atom is -0.455 e. The molecule has 6 heteroatoms. The smallest absolute Gasteiger partial charge is 0.187 e. The van der Waals surface area contributed by atoms with E-state index >= 15 is 0 Å². The normalized spacial score (nSPS) is 11.1. The molecular formula is C39H21N5O. The van der Waals surface area contributed by atoms with Crippen molar-refractivity contribution in [1.82, 2.24) is 15.0 Å². The first-order chi connectivity index (χ1) is 22.2. The zero-order valence-electron chi connectivity index (χ0n) is 23.8. The van der Waals surface area contributed by atoms with Gasteiger partial charge in [-0.05, 0) is 59.0 Å². The molecule has 0 aliphatic carbocycles. The summed E-state index contributed by atoms with van der Waals surface area (Å²) in [5.74, 6) is 1.52. The summed E-state index contributed by atoms with van der Waals surface area (Å²) in [5, 5.41) is 13.6. The summed E-state index contributed by atoms with van der Waals surface area (Å²) >= 11 is 0. The SMILES string of the molecule is [C-]#[N+]c1ccc(-c2nc(-c3ccc(C#N)cc3)nc(-c3cccc(-c4cc5c6ccccc6oc5c5ccccc45)c3)n2)cc1. The zero-order chi connectivity index (χ0) is 30.3. The summed E-state index contributed by atoms with van der Waals surface area (Å²) in [6.07, 6.45) is 0. The molecule has 0 fully saturated rings. The van der Waals surface area contributed by atoms with Gasteiger partial charge in [0.05, 0.1) is 18.2 Å². The van der Waals surface area contributed by atoms with Gasteiger partial charge in [0.25, 0.3) is 0 Å². The van der Waals surface area contributed by atoms with Gasteiger partial charge in [-0.15, -0.1) is 0 Å². The standard InChI is InChI=1S/C39H21N5O/c1-41-29-19-17-26(18-20-29)38-42-37(25-15-13-24(23-40)14-16-25)43-39(44-38)28-8-6-7-27(21-28)33-22-34-31-10-4-5-12-35(31)45-36(34)32-11-3-2-9-30(32)33/h2-22H. The van der Waals surface area contributed by atoms with E-state index in [0.717, 1.165) is 60.5 Å². The molecule has 0 spiro atoms. The van der Waals surface area contributed by atoms with Crippen molar-refractivity contribution in [3.8, 4) is 51.4 Å². The van der Waals surface area contributed by atoms with Gasteiger partial charge < -0.3 is 4.42 Å². The highest BCUT2D eigenvalue weighted by atomic mass is 16.3. The van der Waals surface area contributed by atoms with Gasteiger partial charge in [0.1, 0.15) is 11.2 Å². The molecule has 0 unspecified atom stereocenters. The van der Waals surface area contributed by atoms with Crippen LogP contribution in [0.25, 0.3) is 82.8 Å². The summed E-state index contributed by atoms with van der Waals surface area (Å²) in [5.41, 5.74) is 7.35. The number of nitriles is 1. The maximum absolute atomic E-state index is 9.29. The molecule has 0 radical (unpaired) electrons. The van der Waals surface area contributed by atoms with Gasteiger partial charge in [-0.1, -0.05) is 84.9 Å². The Bertz CT molecular complexity index is 2420. The predicted octanol–water partition coefficient (Wildman–Crippen LogP) is 10.0. The molecule has 0 saturated carbocycles. The van der Waals surface area contributed by atoms with Crippen LogP contribution in [0.1, 0.15) is 5.56 Å². The zero-order valence-corrected chi connectivity index (χ0v) is 23.8. The molecule has 0 atom stereocenters. The maximum Gasteiger partial charge on any atom is 0.187 e. The number of fused-ring (bicyclic) bond motifs is 5. The third-order valence-corrected chi connectivity index (χ3v) is 7.98. The number of hydrogen-bond acceptors (Lipinski definition) is 5. The molecule has 0 N–H and O–H groups in total. The van der Waals surface area contributed by atoms with E-state index in [1.54, 1.807) is 24.3 Å². The number of para-hydroxylation sites is 1. The predicted molar refractivity (Wildman–Crippen MR) is 177 cm³/mol. The van der Waals surface area contributed by atoms with Crippen LogP contribution in [-0.4, -0.2) is 15.0 Å². The highest BCUT2D eigenvalue weighted by Crippen LogP contribution is 2.40. The van der Waals surface area contributed by atoms with Crippen LogP contribution in [0, 0.1) is 17.9 Å². The van der Waals surface area contributed by atoms with E-state index in [4.69, 9.17) is 25.9 Å². The van der Waals surface area contributed by atoms with E-state index < -0.39 is 0 Å². The Labute approximate surface area is 258 Å². The molecular weight excluding hydrogens is 554 g/mol. The average molecular weight is 576 g/mol. The fraction of sp³-hybridized carbons (Fsp3) is 0. The molecule has 45 heavy (non-hydrogen) atoms. The Morgan fingerprint density at radius 1 is 0.556 bits per heavy atom. The third-order valence-electron chi connectivity index (χ3n) is 7.98. The second-order valence-electron chi connectivity index (χ2n) is 10.7. The summed E-state index contributed by atoms with van der Waals surface area (Å²) in [6.45, 7) is 7.32. The molecule has 2 heterocycles. The van der Waals surface area contributed by atoms with Crippen LogP contribution in [0.5, 0.6) is 0 Å². The van der Waals surface area contributed by atoms with Crippen molar-refractivity contribution in [2.24, 2.45) is 0 Å². The highest BCUT2D eigenvalue weighted by Gasteiger charge is 2.17. The highest BCUT2D eigenvalue weighted by molar-refractivity contribution is 6.19. The molecule has 6 aromatic carbocycles. The van der Waals surface area contributed by atoms with Gasteiger partial charge in [0, 0.05) is 32.8 Å². The number of aromatic nitrogens is 3. The lowest BCUT2D eigenvalue weighted by Gasteiger charge is -2.11. The van der Waals surface area contributed by atoms with Crippen LogP contribution < -0.4 is 0 Å². The van der Waals surface area contributed by atoms with Crippen molar-refractivity contribution < 1.29 is 4.42 Å². The Morgan fingerprint density at radius 2 is 1.16 bits per heavy atom. The molecule has 6 nitrogen and oxygen atoms in total. The number of hydrogen-bond donors (Lipinski definition) is 0. The van der Waals surface area contributed by atoms with Gasteiger partial charge in [-0.3, -0.25) is 0 Å². The van der Waals surface area contributed by atoms with Crippen LogP contribution in [0.3, 0.4) is 0 Å². The van der Waals surface area contributed by atoms with E-state index in [-0.39, 0.29) is 0 Å². The average Bonchev–Trinajstić information content (AvgIpc) is 3.50. The molecule has 0 aliphatic rings. The van der Waals surface area contributed by atoms with Crippen molar-refractivity contribution in [1.29, 1.82) is 5.26 Å². The molecule has 0 amide bonds. The molecule has 8 rings (SSSR count). The number of nitrogens with zero attached hydrogens (tertiary/aromatic N) is 5. The summed E-state index contributed by atoms with van der Waals surface area (Å²) in [7, 11) is 0. The molecule has 0 aliphatic heterocycles. The topological polar surface area (TPSA) is 80.0 Å². The number of benzene rings is 6. The van der Waals surface area contributed by atoms with Gasteiger partial charge in [-0.2, -0.15) is 5.26 Å². The van der Waals surface area contributed by atoms with E-state index in [1.165, 1.54) is 0 Å². The van der Waals surface area contributed by atoms with E-state index in [0.29, 0.717) is 28.7 Å². The van der Waals surface area contributed by atoms with Crippen LogP contribution >= 0.6 is 0 Å². The quantitative estimate of drug-likeness (QED) is 0.195. The van der Waals surface area contributed by atoms with Crippen molar-refractivity contribution in [3.63, 3.8) is 0 Å². The van der Waals surface area contributed by atoms with E-state index in [2.05, 4.69) is 47.3 Å². The second kappa shape index (κ2) is 10.6. The van der Waals surface area contributed by atoms with Gasteiger partial charge >= 0.3 is 0 Å². The van der Waals surface area contributed by atoms with Crippen LogP contribution in [0.4, 0.5) is 5.69 Å². The van der Waals surface area contributed by atoms with Crippen LogP contribution in [0.2, 0.25) is 0 Å². The number of furan rings is 1. The first-order valence-electron chi connectivity index (χ1n) is 14.4.